The van der Waals surface area contributed by atoms with E-state index in [0.29, 0.717) is 0 Å². The van der Waals surface area contributed by atoms with Crippen LogP contribution in [-0.4, -0.2) is 0 Å². The summed E-state index contributed by atoms with van der Waals surface area (Å²) >= 11 is 0. The van der Waals surface area contributed by atoms with Gasteiger partial charge in [-0.15, -0.1) is 12.3 Å². The molecule has 0 aliphatic heterocycles. The van der Waals surface area contributed by atoms with Gasteiger partial charge < -0.3 is 0 Å². The van der Waals surface area contributed by atoms with Gasteiger partial charge in [-0.25, -0.2) is 0 Å². The van der Waals surface area contributed by atoms with Gasteiger partial charge in [0.2, 0.25) is 0 Å². The second kappa shape index (κ2) is 25.7. The van der Waals surface area contributed by atoms with Crippen molar-refractivity contribution in [1.29, 1.82) is 0 Å². The van der Waals surface area contributed by atoms with E-state index in [4.69, 9.17) is 0 Å². The molecule has 9 heavy (non-hydrogen) atoms. The third-order valence-corrected chi connectivity index (χ3v) is 0. The molecular formula is C9H20. The summed E-state index contributed by atoms with van der Waals surface area (Å²) in [6.07, 6.45) is 4.60. The first-order valence-electron chi connectivity index (χ1n) is 3.52. The minimum atomic E-state index is 0.833. The van der Waals surface area contributed by atoms with E-state index >= 15 is 0 Å². The fourth-order valence-corrected chi connectivity index (χ4v) is 0. The van der Waals surface area contributed by atoms with Crippen molar-refractivity contribution in [3.8, 4) is 12.3 Å². The Morgan fingerprint density at radius 3 is 1.11 bits per heavy atom. The average Bonchev–Trinajstić information content (AvgIpc) is 1.71. The lowest BCUT2D eigenvalue weighted by Crippen LogP contribution is -1.66. The highest BCUT2D eigenvalue weighted by Gasteiger charge is 1.68. The molecule has 0 amide bonds. The van der Waals surface area contributed by atoms with E-state index in [2.05, 4.69) is 33.1 Å². The van der Waals surface area contributed by atoms with Crippen molar-refractivity contribution in [3.63, 3.8) is 0 Å². The molecule has 0 aliphatic carbocycles. The number of terminal acetylenes is 1. The van der Waals surface area contributed by atoms with E-state index < -0.39 is 0 Å². The minimum Gasteiger partial charge on any atom is -0.120 e. The molecule has 0 rings (SSSR count). The van der Waals surface area contributed by atoms with E-state index in [9.17, 15) is 0 Å². The lowest BCUT2D eigenvalue weighted by Gasteiger charge is -1.79. The van der Waals surface area contributed by atoms with Crippen LogP contribution in [0.15, 0.2) is 0 Å². The van der Waals surface area contributed by atoms with Gasteiger partial charge in [0.15, 0.2) is 0 Å². The van der Waals surface area contributed by atoms with Crippen LogP contribution in [0, 0.1) is 18.3 Å². The summed E-state index contributed by atoms with van der Waals surface area (Å²) in [4.78, 5) is 0. The molecule has 0 heterocycles. The lowest BCUT2D eigenvalue weighted by molar-refractivity contribution is 0.737. The van der Waals surface area contributed by atoms with Crippen molar-refractivity contribution < 1.29 is 0 Å². The van der Waals surface area contributed by atoms with Gasteiger partial charge in [0.1, 0.15) is 0 Å². The highest BCUT2D eigenvalue weighted by atomic mass is 13.7. The third kappa shape index (κ3) is 1210. The molecule has 0 aromatic rings. The Labute approximate surface area is 60.7 Å². The SMILES string of the molecule is C#CC.CC.CC(C)C. The van der Waals surface area contributed by atoms with Crippen LogP contribution in [0.4, 0.5) is 0 Å². The van der Waals surface area contributed by atoms with Crippen molar-refractivity contribution in [1.82, 2.24) is 0 Å². The molecule has 0 spiro atoms. The zero-order valence-corrected chi connectivity index (χ0v) is 7.65. The summed E-state index contributed by atoms with van der Waals surface area (Å²) in [7, 11) is 0. The summed E-state index contributed by atoms with van der Waals surface area (Å²) in [5.74, 6) is 3.08. The van der Waals surface area contributed by atoms with Crippen molar-refractivity contribution >= 4 is 0 Å². The van der Waals surface area contributed by atoms with Crippen LogP contribution in [0.25, 0.3) is 0 Å². The van der Waals surface area contributed by atoms with Crippen LogP contribution in [0.3, 0.4) is 0 Å². The predicted molar refractivity (Wildman–Crippen MR) is 46.4 cm³/mol. The van der Waals surface area contributed by atoms with Gasteiger partial charge in [-0.05, 0) is 12.8 Å². The van der Waals surface area contributed by atoms with E-state index in [1.54, 1.807) is 6.92 Å². The van der Waals surface area contributed by atoms with E-state index in [1.807, 2.05) is 13.8 Å². The van der Waals surface area contributed by atoms with Crippen LogP contribution in [0.2, 0.25) is 0 Å². The second-order valence-corrected chi connectivity index (χ2v) is 2.02. The van der Waals surface area contributed by atoms with Crippen molar-refractivity contribution in [2.24, 2.45) is 5.92 Å². The Morgan fingerprint density at radius 2 is 1.11 bits per heavy atom. The molecule has 0 bridgehead atoms. The monoisotopic (exact) mass is 128 g/mol. The lowest BCUT2D eigenvalue weighted by atomic mass is 10.3. The van der Waals surface area contributed by atoms with Crippen LogP contribution in [0.5, 0.6) is 0 Å². The van der Waals surface area contributed by atoms with Gasteiger partial charge in [0.25, 0.3) is 0 Å². The number of hydrogen-bond donors (Lipinski definition) is 0. The maximum atomic E-state index is 4.60. The van der Waals surface area contributed by atoms with Crippen molar-refractivity contribution in [3.05, 3.63) is 0 Å². The molecule has 0 heteroatoms. The predicted octanol–water partition coefficient (Wildman–Crippen LogP) is 3.33. The number of hydrogen-bond acceptors (Lipinski definition) is 0. The molecule has 0 N–H and O–H groups in total. The van der Waals surface area contributed by atoms with Gasteiger partial charge in [-0.3, -0.25) is 0 Å². The minimum absolute atomic E-state index is 0.833. The quantitative estimate of drug-likeness (QED) is 0.439. The molecule has 0 aliphatic rings. The largest absolute Gasteiger partial charge is 0.120 e. The second-order valence-electron chi connectivity index (χ2n) is 2.02. The summed E-state index contributed by atoms with van der Waals surface area (Å²) in [6.45, 7) is 12.2. The maximum Gasteiger partial charge on any atom is -0.00297 e. The van der Waals surface area contributed by atoms with Crippen LogP contribution in [0.1, 0.15) is 41.5 Å². The third-order valence-electron chi connectivity index (χ3n) is 0. The highest BCUT2D eigenvalue weighted by molar-refractivity contribution is 4.73. The van der Waals surface area contributed by atoms with Crippen molar-refractivity contribution in [2.45, 2.75) is 41.5 Å². The number of rotatable bonds is 0. The Balaban J connectivity index is -0.0000000646. The van der Waals surface area contributed by atoms with Gasteiger partial charge in [-0.1, -0.05) is 34.6 Å². The molecule has 0 aromatic heterocycles. The first-order chi connectivity index (χ1) is 4.15. The molecule has 0 saturated heterocycles. The summed E-state index contributed by atoms with van der Waals surface area (Å²) in [5, 5.41) is 0. The Kier molecular flexibility index (Phi) is 45.1. The van der Waals surface area contributed by atoms with E-state index in [0.717, 1.165) is 5.92 Å². The smallest absolute Gasteiger partial charge is 0.00297 e. The van der Waals surface area contributed by atoms with Gasteiger partial charge >= 0.3 is 0 Å². The average molecular weight is 128 g/mol. The topological polar surface area (TPSA) is 0 Å². The molecule has 0 radical (unpaired) electrons. The van der Waals surface area contributed by atoms with E-state index in [-0.39, 0.29) is 0 Å². The molecule has 0 fully saturated rings. The standard InChI is InChI=1S/C4H10.C3H4.C2H6/c1-4(2)3;1-3-2;1-2/h4H,1-3H3;1H,2H3;1-2H3. The van der Waals surface area contributed by atoms with Crippen LogP contribution >= 0.6 is 0 Å². The fourth-order valence-electron chi connectivity index (χ4n) is 0. The summed E-state index contributed by atoms with van der Waals surface area (Å²) in [6, 6.07) is 0. The van der Waals surface area contributed by atoms with Crippen LogP contribution < -0.4 is 0 Å². The molecule has 0 atom stereocenters. The molecule has 0 nitrogen and oxygen atoms in total. The Hall–Kier alpha value is -0.440. The molecule has 0 saturated carbocycles. The van der Waals surface area contributed by atoms with Gasteiger partial charge in [-0.2, -0.15) is 0 Å². The van der Waals surface area contributed by atoms with Crippen LogP contribution in [-0.2, 0) is 0 Å². The molecule has 0 unspecified atom stereocenters. The van der Waals surface area contributed by atoms with Gasteiger partial charge in [0, 0.05) is 0 Å². The molecule has 0 aromatic carbocycles. The van der Waals surface area contributed by atoms with E-state index in [1.165, 1.54) is 0 Å². The summed E-state index contributed by atoms with van der Waals surface area (Å²) in [5.41, 5.74) is 0. The molecular weight excluding hydrogens is 108 g/mol. The first-order valence-corrected chi connectivity index (χ1v) is 3.52. The highest BCUT2D eigenvalue weighted by Crippen LogP contribution is 1.81. The fraction of sp³-hybridized carbons (Fsp3) is 0.778. The molecule has 56 valence electrons. The van der Waals surface area contributed by atoms with Crippen molar-refractivity contribution in [2.75, 3.05) is 0 Å². The van der Waals surface area contributed by atoms with Gasteiger partial charge in [0.05, 0.1) is 0 Å². The zero-order valence-electron chi connectivity index (χ0n) is 7.65. The summed E-state index contributed by atoms with van der Waals surface area (Å²) < 4.78 is 0. The Morgan fingerprint density at radius 1 is 1.11 bits per heavy atom. The normalized spacial score (nSPS) is 5.56. The zero-order chi connectivity index (χ0) is 8.28. The Bertz CT molecular complexity index is 42.8. The maximum absolute atomic E-state index is 4.60. The first kappa shape index (κ1) is 15.8.